The van der Waals surface area contributed by atoms with Crippen LogP contribution in [0.3, 0.4) is 0 Å². The first-order valence-corrected chi connectivity index (χ1v) is 14.1. The number of carbonyl (C=O) groups excluding carboxylic acids is 2. The summed E-state index contributed by atoms with van der Waals surface area (Å²) >= 11 is 0. The number of sulfonamides is 1. The highest BCUT2D eigenvalue weighted by Gasteiger charge is 2.34. The number of benzene rings is 1. The smallest absolute Gasteiger partial charge is 0.243 e. The molecule has 3 aliphatic rings. The van der Waals surface area contributed by atoms with Crippen LogP contribution in [0.2, 0.25) is 0 Å². The van der Waals surface area contributed by atoms with Gasteiger partial charge in [0.05, 0.1) is 4.90 Å². The molecule has 0 saturated carbocycles. The van der Waals surface area contributed by atoms with E-state index in [1.54, 1.807) is 23.1 Å². The molecule has 9 heteroatoms. The van der Waals surface area contributed by atoms with Gasteiger partial charge in [-0.2, -0.15) is 4.31 Å². The van der Waals surface area contributed by atoms with Gasteiger partial charge in [0, 0.05) is 50.7 Å². The van der Waals surface area contributed by atoms with E-state index in [1.807, 2.05) is 6.92 Å². The van der Waals surface area contributed by atoms with E-state index in [1.165, 1.54) is 36.9 Å². The molecule has 3 heterocycles. The SMILES string of the molecule is CC(=O)N1c2ccc(S(=O)(=O)N3CCC(C(=O)NCCN4CCCCCC4)CC3)cc2C[C@@H]1C. The Labute approximate surface area is 203 Å². The highest BCUT2D eigenvalue weighted by molar-refractivity contribution is 7.89. The summed E-state index contributed by atoms with van der Waals surface area (Å²) < 4.78 is 28.0. The topological polar surface area (TPSA) is 90.0 Å². The van der Waals surface area contributed by atoms with Gasteiger partial charge >= 0.3 is 0 Å². The second-order valence-electron chi connectivity index (χ2n) is 9.96. The van der Waals surface area contributed by atoms with Crippen LogP contribution in [0.1, 0.15) is 57.9 Å². The predicted molar refractivity (Wildman–Crippen MR) is 132 cm³/mol. The Morgan fingerprint density at radius 1 is 1.03 bits per heavy atom. The maximum Gasteiger partial charge on any atom is 0.243 e. The number of carbonyl (C=O) groups is 2. The van der Waals surface area contributed by atoms with Gasteiger partial charge in [0.2, 0.25) is 21.8 Å². The summed E-state index contributed by atoms with van der Waals surface area (Å²) in [4.78, 5) is 29.0. The van der Waals surface area contributed by atoms with Gasteiger partial charge in [0.15, 0.2) is 0 Å². The van der Waals surface area contributed by atoms with Crippen LogP contribution in [0.15, 0.2) is 23.1 Å². The fourth-order valence-corrected chi connectivity index (χ4v) is 7.12. The van der Waals surface area contributed by atoms with Crippen molar-refractivity contribution in [2.24, 2.45) is 5.92 Å². The van der Waals surface area contributed by atoms with Gasteiger partial charge in [0.25, 0.3) is 0 Å². The van der Waals surface area contributed by atoms with Crippen LogP contribution in [0.25, 0.3) is 0 Å². The molecule has 2 fully saturated rings. The molecule has 0 bridgehead atoms. The minimum absolute atomic E-state index is 0.0269. The molecule has 3 aliphatic heterocycles. The van der Waals surface area contributed by atoms with Crippen molar-refractivity contribution in [2.75, 3.05) is 44.2 Å². The fourth-order valence-electron chi connectivity index (χ4n) is 5.60. The van der Waals surface area contributed by atoms with Gasteiger partial charge in [0.1, 0.15) is 0 Å². The lowest BCUT2D eigenvalue weighted by atomic mass is 9.97. The first kappa shape index (κ1) is 25.1. The van der Waals surface area contributed by atoms with Gasteiger partial charge in [-0.25, -0.2) is 8.42 Å². The van der Waals surface area contributed by atoms with Gasteiger partial charge in [-0.15, -0.1) is 0 Å². The van der Waals surface area contributed by atoms with E-state index < -0.39 is 10.0 Å². The molecule has 2 saturated heterocycles. The minimum atomic E-state index is -3.63. The lowest BCUT2D eigenvalue weighted by Gasteiger charge is -2.31. The van der Waals surface area contributed by atoms with Crippen LogP contribution in [0.4, 0.5) is 5.69 Å². The summed E-state index contributed by atoms with van der Waals surface area (Å²) in [6, 6.07) is 5.09. The highest BCUT2D eigenvalue weighted by atomic mass is 32.2. The molecule has 4 rings (SSSR count). The molecule has 1 aromatic carbocycles. The first-order chi connectivity index (χ1) is 16.3. The van der Waals surface area contributed by atoms with Crippen molar-refractivity contribution >= 4 is 27.5 Å². The third kappa shape index (κ3) is 5.47. The predicted octanol–water partition coefficient (Wildman–Crippen LogP) is 2.38. The zero-order valence-corrected chi connectivity index (χ0v) is 21.3. The molecule has 0 radical (unpaired) electrons. The van der Waals surface area contributed by atoms with E-state index in [0.717, 1.165) is 30.9 Å². The van der Waals surface area contributed by atoms with Gasteiger partial charge < -0.3 is 15.1 Å². The molecule has 1 aromatic rings. The van der Waals surface area contributed by atoms with E-state index >= 15 is 0 Å². The van der Waals surface area contributed by atoms with E-state index in [4.69, 9.17) is 0 Å². The third-order valence-corrected chi connectivity index (χ3v) is 9.39. The van der Waals surface area contributed by atoms with Crippen LogP contribution in [0, 0.1) is 5.92 Å². The number of piperidine rings is 1. The summed E-state index contributed by atoms with van der Waals surface area (Å²) in [6.07, 6.45) is 6.79. The van der Waals surface area contributed by atoms with Crippen LogP contribution in [0.5, 0.6) is 0 Å². The van der Waals surface area contributed by atoms with E-state index in [-0.39, 0.29) is 28.7 Å². The largest absolute Gasteiger partial charge is 0.355 e. The number of anilines is 1. The average Bonchev–Trinajstić information content (AvgIpc) is 2.95. The molecule has 0 spiro atoms. The summed E-state index contributed by atoms with van der Waals surface area (Å²) in [7, 11) is -3.63. The number of hydrogen-bond acceptors (Lipinski definition) is 5. The molecule has 188 valence electrons. The average molecular weight is 491 g/mol. The lowest BCUT2D eigenvalue weighted by molar-refractivity contribution is -0.126. The summed E-state index contributed by atoms with van der Waals surface area (Å²) in [5.74, 6) is -0.128. The molecule has 0 unspecified atom stereocenters. The van der Waals surface area contributed by atoms with E-state index in [0.29, 0.717) is 38.9 Å². The number of fused-ring (bicyclic) bond motifs is 1. The monoisotopic (exact) mass is 490 g/mol. The molecule has 1 atom stereocenters. The van der Waals surface area contributed by atoms with Crippen molar-refractivity contribution < 1.29 is 18.0 Å². The molecule has 8 nitrogen and oxygen atoms in total. The maximum absolute atomic E-state index is 13.3. The van der Waals surface area contributed by atoms with Crippen LogP contribution in [-0.4, -0.2) is 74.7 Å². The second kappa shape index (κ2) is 10.7. The minimum Gasteiger partial charge on any atom is -0.355 e. The zero-order valence-electron chi connectivity index (χ0n) is 20.5. The van der Waals surface area contributed by atoms with Crippen molar-refractivity contribution in [1.82, 2.24) is 14.5 Å². The molecular weight excluding hydrogens is 452 g/mol. The van der Waals surface area contributed by atoms with Gasteiger partial charge in [-0.3, -0.25) is 9.59 Å². The summed E-state index contributed by atoms with van der Waals surface area (Å²) in [5, 5.41) is 3.07. The molecule has 0 aromatic heterocycles. The standard InChI is InChI=1S/C25H38N4O4S/c1-19-17-22-18-23(7-8-24(22)29(19)20(2)30)34(32,33)28-14-9-21(10-15-28)25(31)26-11-16-27-12-5-3-4-6-13-27/h7-8,18-19,21H,3-6,9-17H2,1-2H3,(H,26,31)/t19-/m0/s1. The first-order valence-electron chi connectivity index (χ1n) is 12.7. The van der Waals surface area contributed by atoms with Gasteiger partial charge in [-0.05, 0) is 75.9 Å². The molecule has 1 N–H and O–H groups in total. The van der Waals surface area contributed by atoms with Crippen LogP contribution < -0.4 is 10.2 Å². The Morgan fingerprint density at radius 2 is 1.71 bits per heavy atom. The number of nitrogens with zero attached hydrogens (tertiary/aromatic N) is 3. The van der Waals surface area contributed by atoms with Crippen LogP contribution >= 0.6 is 0 Å². The van der Waals surface area contributed by atoms with E-state index in [9.17, 15) is 18.0 Å². The van der Waals surface area contributed by atoms with Crippen molar-refractivity contribution in [3.63, 3.8) is 0 Å². The van der Waals surface area contributed by atoms with Crippen molar-refractivity contribution in [3.05, 3.63) is 23.8 Å². The molecule has 0 aliphatic carbocycles. The number of likely N-dealkylation sites (tertiary alicyclic amines) is 1. The van der Waals surface area contributed by atoms with E-state index in [2.05, 4.69) is 10.2 Å². The van der Waals surface area contributed by atoms with Crippen LogP contribution in [-0.2, 0) is 26.0 Å². The normalized spacial score (nSPS) is 22.9. The Balaban J connectivity index is 1.30. The molecule has 2 amide bonds. The fraction of sp³-hybridized carbons (Fsp3) is 0.680. The quantitative estimate of drug-likeness (QED) is 0.661. The van der Waals surface area contributed by atoms with Gasteiger partial charge in [-0.1, -0.05) is 12.8 Å². The summed E-state index contributed by atoms with van der Waals surface area (Å²) in [6.45, 7) is 7.96. The number of amides is 2. The molecular formula is C25H38N4O4S. The number of nitrogens with one attached hydrogen (secondary N) is 1. The van der Waals surface area contributed by atoms with Crippen molar-refractivity contribution in [2.45, 2.75) is 69.7 Å². The lowest BCUT2D eigenvalue weighted by Crippen LogP contribution is -2.44. The Kier molecular flexibility index (Phi) is 7.94. The Bertz CT molecular complexity index is 996. The summed E-state index contributed by atoms with van der Waals surface area (Å²) in [5.41, 5.74) is 1.69. The Hall–Kier alpha value is -1.97. The highest BCUT2D eigenvalue weighted by Crippen LogP contribution is 2.35. The zero-order chi connectivity index (χ0) is 24.3. The van der Waals surface area contributed by atoms with Crippen molar-refractivity contribution in [1.29, 1.82) is 0 Å². The third-order valence-electron chi connectivity index (χ3n) is 7.49. The number of hydrogen-bond donors (Lipinski definition) is 1. The maximum atomic E-state index is 13.3. The Morgan fingerprint density at radius 3 is 2.35 bits per heavy atom. The molecule has 34 heavy (non-hydrogen) atoms. The second-order valence-corrected chi connectivity index (χ2v) is 11.9. The number of rotatable bonds is 6. The van der Waals surface area contributed by atoms with Crippen molar-refractivity contribution in [3.8, 4) is 0 Å².